The van der Waals surface area contributed by atoms with E-state index in [4.69, 9.17) is 14.2 Å². The maximum Gasteiger partial charge on any atom is 0.219 e. The molecule has 26 heavy (non-hydrogen) atoms. The summed E-state index contributed by atoms with van der Waals surface area (Å²) in [6.45, 7) is -1.68. The minimum atomic E-state index is -2.43. The summed E-state index contributed by atoms with van der Waals surface area (Å²) in [6.07, 6.45) is -14.0. The van der Waals surface area contributed by atoms with Crippen LogP contribution in [-0.2, 0) is 14.2 Å². The third-order valence-corrected chi connectivity index (χ3v) is 4.63. The Bertz CT molecular complexity index is 466. The highest BCUT2D eigenvalue weighted by molar-refractivity contribution is 5.00. The third-order valence-electron chi connectivity index (χ3n) is 4.63. The standard InChI is InChI=1S/C14H27NO11/c1-15(2)12(22)10-9(11(21)14(23,4-17)26-10)25-13-8(20)7(19)6(18)5(3-16)24-13/h5-13,16-23H,3-4H2,1-2H3/t5?,6-,7+,8-,9-,10?,11+,12-,13?,14-/m1/s1. The maximum absolute atomic E-state index is 10.3. The zero-order valence-corrected chi connectivity index (χ0v) is 14.4. The topological polar surface area (TPSA) is 193 Å². The number of likely N-dealkylation sites (N-methyl/N-ethyl adjacent to an activating group) is 1. The summed E-state index contributed by atoms with van der Waals surface area (Å²) in [5.74, 6) is -2.43. The van der Waals surface area contributed by atoms with Gasteiger partial charge in [0.2, 0.25) is 5.79 Å². The molecule has 2 fully saturated rings. The molecule has 0 bridgehead atoms. The highest BCUT2D eigenvalue weighted by Gasteiger charge is 2.58. The van der Waals surface area contributed by atoms with E-state index in [1.54, 1.807) is 0 Å². The number of hydrogen-bond donors (Lipinski definition) is 8. The molecule has 3 unspecified atom stereocenters. The molecule has 12 heteroatoms. The highest BCUT2D eigenvalue weighted by Crippen LogP contribution is 2.35. The summed E-state index contributed by atoms with van der Waals surface area (Å²) in [6, 6.07) is 0. The van der Waals surface area contributed by atoms with Gasteiger partial charge in [0.25, 0.3) is 0 Å². The van der Waals surface area contributed by atoms with Gasteiger partial charge in [0.05, 0.1) is 13.2 Å². The Morgan fingerprint density at radius 2 is 1.69 bits per heavy atom. The Labute approximate surface area is 149 Å². The zero-order chi connectivity index (χ0) is 19.8. The van der Waals surface area contributed by atoms with Crippen molar-refractivity contribution in [1.82, 2.24) is 4.90 Å². The lowest BCUT2D eigenvalue weighted by Gasteiger charge is -2.41. The Morgan fingerprint density at radius 3 is 2.19 bits per heavy atom. The van der Waals surface area contributed by atoms with Gasteiger partial charge < -0.3 is 55.1 Å². The van der Waals surface area contributed by atoms with E-state index in [9.17, 15) is 40.9 Å². The van der Waals surface area contributed by atoms with Crippen molar-refractivity contribution in [1.29, 1.82) is 0 Å². The number of nitrogens with zero attached hydrogens (tertiary/aromatic N) is 1. The van der Waals surface area contributed by atoms with E-state index < -0.39 is 74.2 Å². The fourth-order valence-electron chi connectivity index (χ4n) is 2.95. The van der Waals surface area contributed by atoms with Gasteiger partial charge in [-0.05, 0) is 14.1 Å². The van der Waals surface area contributed by atoms with E-state index in [2.05, 4.69) is 0 Å². The van der Waals surface area contributed by atoms with Gasteiger partial charge >= 0.3 is 0 Å². The van der Waals surface area contributed by atoms with Crippen molar-refractivity contribution in [3.8, 4) is 0 Å². The minimum Gasteiger partial charge on any atom is -0.394 e. The highest BCUT2D eigenvalue weighted by atomic mass is 16.7. The molecule has 2 heterocycles. The van der Waals surface area contributed by atoms with E-state index in [1.807, 2.05) is 0 Å². The molecule has 0 aromatic rings. The second kappa shape index (κ2) is 8.26. The lowest BCUT2D eigenvalue weighted by Crippen LogP contribution is -2.61. The molecule has 10 atom stereocenters. The molecule has 0 radical (unpaired) electrons. The molecule has 12 nitrogen and oxygen atoms in total. The van der Waals surface area contributed by atoms with E-state index in [0.717, 1.165) is 0 Å². The van der Waals surface area contributed by atoms with E-state index in [-0.39, 0.29) is 0 Å². The van der Waals surface area contributed by atoms with Gasteiger partial charge in [-0.15, -0.1) is 0 Å². The number of ether oxygens (including phenoxy) is 3. The first-order chi connectivity index (χ1) is 12.1. The first-order valence-electron chi connectivity index (χ1n) is 8.07. The van der Waals surface area contributed by atoms with Crippen LogP contribution in [0.5, 0.6) is 0 Å². The van der Waals surface area contributed by atoms with Crippen molar-refractivity contribution in [3.63, 3.8) is 0 Å². The molecule has 0 aromatic heterocycles. The SMILES string of the molecule is CN(C)[C@H](O)C1O[C@](O)(CO)[C@@H](O)[C@@H]1OC1OC(CO)[C@@H](O)[C@H](O)[C@H]1O. The number of aliphatic hydroxyl groups excluding tert-OH is 7. The van der Waals surface area contributed by atoms with Gasteiger partial charge in [0.15, 0.2) is 6.29 Å². The quantitative estimate of drug-likeness (QED) is 0.203. The maximum atomic E-state index is 10.3. The molecular weight excluding hydrogens is 358 g/mol. The van der Waals surface area contributed by atoms with Crippen LogP contribution in [0.15, 0.2) is 0 Å². The number of hydrogen-bond acceptors (Lipinski definition) is 12. The van der Waals surface area contributed by atoms with Crippen LogP contribution in [0.25, 0.3) is 0 Å². The predicted molar refractivity (Wildman–Crippen MR) is 81.2 cm³/mol. The van der Waals surface area contributed by atoms with Gasteiger partial charge in [-0.1, -0.05) is 0 Å². The number of rotatable bonds is 6. The molecule has 2 saturated heterocycles. The van der Waals surface area contributed by atoms with Crippen LogP contribution in [0.4, 0.5) is 0 Å². The summed E-state index contributed by atoms with van der Waals surface area (Å²) in [5.41, 5.74) is 0. The average Bonchev–Trinajstić information content (AvgIpc) is 2.86. The lowest BCUT2D eigenvalue weighted by molar-refractivity contribution is -0.320. The van der Waals surface area contributed by atoms with Crippen LogP contribution < -0.4 is 0 Å². The fourth-order valence-corrected chi connectivity index (χ4v) is 2.95. The first-order valence-corrected chi connectivity index (χ1v) is 8.07. The van der Waals surface area contributed by atoms with Gasteiger partial charge in [0, 0.05) is 0 Å². The van der Waals surface area contributed by atoms with Crippen molar-refractivity contribution < 1.29 is 55.1 Å². The second-order valence-electron chi connectivity index (χ2n) is 6.71. The monoisotopic (exact) mass is 385 g/mol. The van der Waals surface area contributed by atoms with E-state index >= 15 is 0 Å². The lowest BCUT2D eigenvalue weighted by atomic mass is 9.98. The molecule has 0 aliphatic carbocycles. The normalized spacial score (nSPS) is 48.1. The second-order valence-corrected chi connectivity index (χ2v) is 6.71. The summed E-state index contributed by atoms with van der Waals surface area (Å²) in [4.78, 5) is 1.30. The molecule has 0 aromatic carbocycles. The Hall–Kier alpha value is -0.480. The van der Waals surface area contributed by atoms with Crippen molar-refractivity contribution in [2.75, 3.05) is 27.3 Å². The van der Waals surface area contributed by atoms with Gasteiger partial charge in [-0.25, -0.2) is 0 Å². The Balaban J connectivity index is 2.23. The van der Waals surface area contributed by atoms with Crippen LogP contribution in [0, 0.1) is 0 Å². The molecule has 0 spiro atoms. The van der Waals surface area contributed by atoms with Crippen LogP contribution >= 0.6 is 0 Å². The zero-order valence-electron chi connectivity index (χ0n) is 14.4. The number of aliphatic hydroxyl groups is 8. The average molecular weight is 385 g/mol. The van der Waals surface area contributed by atoms with Gasteiger partial charge in [-0.3, -0.25) is 4.90 Å². The van der Waals surface area contributed by atoms with Gasteiger partial charge in [-0.2, -0.15) is 0 Å². The largest absolute Gasteiger partial charge is 0.394 e. The van der Waals surface area contributed by atoms with Gasteiger partial charge in [0.1, 0.15) is 49.0 Å². The van der Waals surface area contributed by atoms with Crippen molar-refractivity contribution in [3.05, 3.63) is 0 Å². The van der Waals surface area contributed by atoms with Crippen molar-refractivity contribution >= 4 is 0 Å². The first kappa shape index (κ1) is 21.8. The summed E-state index contributed by atoms with van der Waals surface area (Å²) in [5, 5.41) is 78.8. The van der Waals surface area contributed by atoms with E-state index in [1.165, 1.54) is 19.0 Å². The Kier molecular flexibility index (Phi) is 6.93. The van der Waals surface area contributed by atoms with Crippen molar-refractivity contribution in [2.45, 2.75) is 61.0 Å². The molecule has 2 aliphatic rings. The van der Waals surface area contributed by atoms with E-state index in [0.29, 0.717) is 0 Å². The molecule has 0 amide bonds. The van der Waals surface area contributed by atoms with Crippen LogP contribution in [0.1, 0.15) is 0 Å². The van der Waals surface area contributed by atoms with Crippen LogP contribution in [-0.4, -0.2) is 134 Å². The van der Waals surface area contributed by atoms with Crippen molar-refractivity contribution in [2.24, 2.45) is 0 Å². The summed E-state index contributed by atoms with van der Waals surface area (Å²) in [7, 11) is 2.98. The Morgan fingerprint density at radius 1 is 1.08 bits per heavy atom. The third kappa shape index (κ3) is 3.87. The molecule has 154 valence electrons. The molecular formula is C14H27NO11. The molecule has 8 N–H and O–H groups in total. The molecule has 0 saturated carbocycles. The summed E-state index contributed by atoms with van der Waals surface area (Å²) < 4.78 is 15.8. The smallest absolute Gasteiger partial charge is 0.219 e. The molecule has 2 rings (SSSR count). The van der Waals surface area contributed by atoms with Crippen LogP contribution in [0.2, 0.25) is 0 Å². The molecule has 2 aliphatic heterocycles. The fraction of sp³-hybridized carbons (Fsp3) is 1.00. The predicted octanol–water partition coefficient (Wildman–Crippen LogP) is -5.51. The van der Waals surface area contributed by atoms with Crippen LogP contribution in [0.3, 0.4) is 0 Å². The minimum absolute atomic E-state index is 0.682. The summed E-state index contributed by atoms with van der Waals surface area (Å²) >= 11 is 0.